The number of aromatic nitrogens is 2. The van der Waals surface area contributed by atoms with E-state index in [4.69, 9.17) is 0 Å². The molecule has 2 amide bonds. The summed E-state index contributed by atoms with van der Waals surface area (Å²) in [6.45, 7) is 2.98. The Morgan fingerprint density at radius 3 is 2.78 bits per heavy atom. The average molecular weight is 356 g/mol. The van der Waals surface area contributed by atoms with E-state index in [1.54, 1.807) is 19.0 Å². The minimum Gasteiger partial charge on any atom is -0.331 e. The summed E-state index contributed by atoms with van der Waals surface area (Å²) >= 11 is 4.07. The lowest BCUT2D eigenvalue weighted by Gasteiger charge is -2.29. The van der Waals surface area contributed by atoms with E-state index in [2.05, 4.69) is 16.5 Å². The lowest BCUT2D eigenvalue weighted by Crippen LogP contribution is -2.43. The number of urea groups is 1. The van der Waals surface area contributed by atoms with Crippen molar-refractivity contribution in [1.29, 1.82) is 0 Å². The standard InChI is InChI=1S/C15H25N5OS2/c1-18(2)15(21)19-3-4-20-14(9-19)7-12(17-20)8-16-13-10-22-5-6-23-11-13/h7,13,16H,3-6,8-11H2,1-2H3. The van der Waals surface area contributed by atoms with E-state index >= 15 is 0 Å². The second-order valence-corrected chi connectivity index (χ2v) is 8.48. The van der Waals surface area contributed by atoms with Crippen LogP contribution in [0.3, 0.4) is 0 Å². The Hall–Kier alpha value is -0.860. The quantitative estimate of drug-likeness (QED) is 0.886. The van der Waals surface area contributed by atoms with Gasteiger partial charge in [-0.3, -0.25) is 4.68 Å². The summed E-state index contributed by atoms with van der Waals surface area (Å²) < 4.78 is 2.05. The van der Waals surface area contributed by atoms with Crippen LogP contribution in [0.2, 0.25) is 0 Å². The Balaban J connectivity index is 1.56. The maximum Gasteiger partial charge on any atom is 0.319 e. The highest BCUT2D eigenvalue weighted by atomic mass is 32.2. The van der Waals surface area contributed by atoms with E-state index in [1.807, 2.05) is 33.1 Å². The van der Waals surface area contributed by atoms with Crippen molar-refractivity contribution in [3.63, 3.8) is 0 Å². The maximum absolute atomic E-state index is 12.1. The molecule has 0 aromatic carbocycles. The summed E-state index contributed by atoms with van der Waals surface area (Å²) in [4.78, 5) is 15.6. The number of hydrogen-bond donors (Lipinski definition) is 1. The summed E-state index contributed by atoms with van der Waals surface area (Å²) in [6, 6.07) is 2.78. The van der Waals surface area contributed by atoms with Crippen LogP contribution in [0.1, 0.15) is 11.4 Å². The Morgan fingerprint density at radius 2 is 2.09 bits per heavy atom. The van der Waals surface area contributed by atoms with Crippen molar-refractivity contribution >= 4 is 29.6 Å². The van der Waals surface area contributed by atoms with Gasteiger partial charge in [0.25, 0.3) is 0 Å². The number of nitrogens with one attached hydrogen (secondary N) is 1. The van der Waals surface area contributed by atoms with E-state index in [0.29, 0.717) is 12.6 Å². The average Bonchev–Trinajstić information content (AvgIpc) is 2.77. The first kappa shape index (κ1) is 17.0. The van der Waals surface area contributed by atoms with Gasteiger partial charge in [0.15, 0.2) is 0 Å². The molecule has 128 valence electrons. The second-order valence-electron chi connectivity index (χ2n) is 6.18. The van der Waals surface area contributed by atoms with Crippen LogP contribution in [0.25, 0.3) is 0 Å². The van der Waals surface area contributed by atoms with Gasteiger partial charge in [-0.2, -0.15) is 28.6 Å². The van der Waals surface area contributed by atoms with E-state index in [1.165, 1.54) is 23.0 Å². The van der Waals surface area contributed by atoms with Gasteiger partial charge < -0.3 is 15.1 Å². The largest absolute Gasteiger partial charge is 0.331 e. The van der Waals surface area contributed by atoms with Crippen LogP contribution in [-0.4, -0.2) is 75.3 Å². The van der Waals surface area contributed by atoms with E-state index < -0.39 is 0 Å². The van der Waals surface area contributed by atoms with Gasteiger partial charge in [-0.1, -0.05) is 0 Å². The third-order valence-electron chi connectivity index (χ3n) is 4.08. The zero-order chi connectivity index (χ0) is 16.2. The molecule has 0 atom stereocenters. The number of carbonyl (C=O) groups is 1. The fourth-order valence-electron chi connectivity index (χ4n) is 2.84. The molecule has 1 saturated heterocycles. The molecular weight excluding hydrogens is 330 g/mol. The molecule has 0 spiro atoms. The van der Waals surface area contributed by atoms with Crippen LogP contribution in [0.15, 0.2) is 6.07 Å². The monoisotopic (exact) mass is 355 g/mol. The number of fused-ring (bicyclic) bond motifs is 1. The van der Waals surface area contributed by atoms with Gasteiger partial charge in [0.1, 0.15) is 0 Å². The minimum atomic E-state index is 0.0737. The van der Waals surface area contributed by atoms with Crippen molar-refractivity contribution in [3.8, 4) is 0 Å². The predicted molar refractivity (Wildman–Crippen MR) is 97.0 cm³/mol. The first-order valence-electron chi connectivity index (χ1n) is 8.04. The van der Waals surface area contributed by atoms with Crippen molar-refractivity contribution in [2.45, 2.75) is 25.7 Å². The van der Waals surface area contributed by atoms with Crippen LogP contribution < -0.4 is 5.32 Å². The summed E-state index contributed by atoms with van der Waals surface area (Å²) in [5.74, 6) is 4.89. The Morgan fingerprint density at radius 1 is 1.35 bits per heavy atom. The van der Waals surface area contributed by atoms with Crippen molar-refractivity contribution in [2.75, 3.05) is 43.7 Å². The fraction of sp³-hybridized carbons (Fsp3) is 0.733. The van der Waals surface area contributed by atoms with Gasteiger partial charge in [0, 0.05) is 56.2 Å². The summed E-state index contributed by atoms with van der Waals surface area (Å²) in [7, 11) is 3.60. The maximum atomic E-state index is 12.1. The number of thioether (sulfide) groups is 2. The minimum absolute atomic E-state index is 0.0737. The summed E-state index contributed by atoms with van der Waals surface area (Å²) in [6.07, 6.45) is 0. The lowest BCUT2D eigenvalue weighted by molar-refractivity contribution is 0.155. The molecule has 0 radical (unpaired) electrons. The molecular formula is C15H25N5OS2. The van der Waals surface area contributed by atoms with Crippen molar-refractivity contribution in [2.24, 2.45) is 0 Å². The predicted octanol–water partition coefficient (Wildman–Crippen LogP) is 1.32. The first-order valence-corrected chi connectivity index (χ1v) is 10.3. The summed E-state index contributed by atoms with van der Waals surface area (Å²) in [5, 5.41) is 8.32. The molecule has 23 heavy (non-hydrogen) atoms. The van der Waals surface area contributed by atoms with E-state index in [-0.39, 0.29) is 6.03 Å². The highest BCUT2D eigenvalue weighted by Crippen LogP contribution is 2.18. The third-order valence-corrected chi connectivity index (χ3v) is 6.60. The molecule has 0 saturated carbocycles. The van der Waals surface area contributed by atoms with Crippen LogP contribution in [-0.2, 0) is 19.6 Å². The van der Waals surface area contributed by atoms with Gasteiger partial charge in [-0.15, -0.1) is 0 Å². The lowest BCUT2D eigenvalue weighted by atomic mass is 10.3. The van der Waals surface area contributed by atoms with Gasteiger partial charge in [-0.05, 0) is 6.07 Å². The molecule has 0 bridgehead atoms. The highest BCUT2D eigenvalue weighted by molar-refractivity contribution is 8.03. The molecule has 1 aromatic rings. The first-order chi connectivity index (χ1) is 11.1. The smallest absolute Gasteiger partial charge is 0.319 e. The Labute approximate surface area is 146 Å². The Bertz CT molecular complexity index is 540. The van der Waals surface area contributed by atoms with Gasteiger partial charge >= 0.3 is 6.03 Å². The van der Waals surface area contributed by atoms with E-state index in [0.717, 1.165) is 31.0 Å². The third kappa shape index (κ3) is 4.36. The van der Waals surface area contributed by atoms with Gasteiger partial charge in [0.05, 0.1) is 24.5 Å². The fourth-order valence-corrected chi connectivity index (χ4v) is 5.31. The number of rotatable bonds is 3. The van der Waals surface area contributed by atoms with Crippen molar-refractivity contribution in [3.05, 3.63) is 17.5 Å². The second kappa shape index (κ2) is 7.81. The van der Waals surface area contributed by atoms with Crippen LogP contribution >= 0.6 is 23.5 Å². The zero-order valence-electron chi connectivity index (χ0n) is 13.8. The molecule has 0 unspecified atom stereocenters. The van der Waals surface area contributed by atoms with Gasteiger partial charge in [-0.25, -0.2) is 4.79 Å². The van der Waals surface area contributed by atoms with Crippen LogP contribution in [0, 0.1) is 0 Å². The molecule has 0 aliphatic carbocycles. The molecule has 3 heterocycles. The normalized spacial score (nSPS) is 19.3. The van der Waals surface area contributed by atoms with Gasteiger partial charge in [0.2, 0.25) is 0 Å². The van der Waals surface area contributed by atoms with E-state index in [9.17, 15) is 4.79 Å². The van der Waals surface area contributed by atoms with Crippen LogP contribution in [0.4, 0.5) is 4.79 Å². The Kier molecular flexibility index (Phi) is 5.76. The van der Waals surface area contributed by atoms with Crippen molar-refractivity contribution in [1.82, 2.24) is 24.9 Å². The zero-order valence-corrected chi connectivity index (χ0v) is 15.5. The molecule has 1 aromatic heterocycles. The molecule has 2 aliphatic heterocycles. The molecule has 6 nitrogen and oxygen atoms in total. The number of amides is 2. The SMILES string of the molecule is CN(C)C(=O)N1CCn2nc(CNC3CSCCSC3)cc2C1. The summed E-state index contributed by atoms with van der Waals surface area (Å²) in [5.41, 5.74) is 2.21. The molecule has 3 rings (SSSR count). The number of nitrogens with zero attached hydrogens (tertiary/aromatic N) is 4. The van der Waals surface area contributed by atoms with Crippen LogP contribution in [0.5, 0.6) is 0 Å². The molecule has 8 heteroatoms. The molecule has 1 N–H and O–H groups in total. The molecule has 2 aliphatic rings. The highest BCUT2D eigenvalue weighted by Gasteiger charge is 2.23. The topological polar surface area (TPSA) is 53.4 Å². The van der Waals surface area contributed by atoms with Crippen molar-refractivity contribution < 1.29 is 4.79 Å². The number of hydrogen-bond acceptors (Lipinski definition) is 5. The molecule has 1 fully saturated rings. The number of carbonyl (C=O) groups excluding carboxylic acids is 1.